The van der Waals surface area contributed by atoms with Crippen LogP contribution in [0, 0.1) is 0 Å². The van der Waals surface area contributed by atoms with Gasteiger partial charge in [-0.3, -0.25) is 0 Å². The van der Waals surface area contributed by atoms with Gasteiger partial charge in [-0.15, -0.1) is 0 Å². The Balaban J connectivity index is 0.00000200. The summed E-state index contributed by atoms with van der Waals surface area (Å²) >= 11 is 0. The molecule has 2 aromatic carbocycles. The molecule has 0 aliphatic heterocycles. The summed E-state index contributed by atoms with van der Waals surface area (Å²) in [5, 5.41) is 8.75. The van der Waals surface area contributed by atoms with Crippen molar-refractivity contribution in [1.29, 1.82) is 0 Å². The fourth-order valence-electron chi connectivity index (χ4n) is 1.56. The fraction of sp³-hybridized carbons (Fsp3) is 0.0667. The Labute approximate surface area is 159 Å². The number of carboxylic acid groups (broad SMARTS) is 1. The van der Waals surface area contributed by atoms with Crippen molar-refractivity contribution in [3.05, 3.63) is 71.3 Å². The fourth-order valence-corrected chi connectivity index (χ4v) is 1.56. The molecule has 4 nitrogen and oxygen atoms in total. The van der Waals surface area contributed by atoms with E-state index in [0.717, 1.165) is 5.56 Å². The second-order valence-corrected chi connectivity index (χ2v) is 3.94. The molecular weight excluding hydrogens is 283 g/mol. The van der Waals surface area contributed by atoms with Crippen molar-refractivity contribution < 1.29 is 19.4 Å². The third-order valence-electron chi connectivity index (χ3n) is 2.58. The Morgan fingerprint density at radius 2 is 1.45 bits per heavy atom. The van der Waals surface area contributed by atoms with Gasteiger partial charge in [-0.05, 0) is 29.8 Å². The van der Waals surface area contributed by atoms with Gasteiger partial charge in [0, 0.05) is 0 Å². The summed E-state index contributed by atoms with van der Waals surface area (Å²) in [4.78, 5) is 22.4. The maximum absolute atomic E-state index is 11.7. The van der Waals surface area contributed by atoms with Crippen molar-refractivity contribution in [1.82, 2.24) is 0 Å². The normalized spacial score (nSPS) is 9.40. The first-order valence-electron chi connectivity index (χ1n) is 5.71. The zero-order valence-corrected chi connectivity index (χ0v) is 10.1. The summed E-state index contributed by atoms with van der Waals surface area (Å²) < 4.78 is 5.13. The van der Waals surface area contributed by atoms with Crippen LogP contribution in [0.3, 0.4) is 0 Å². The number of hydrogen-bond donors (Lipinski definition) is 1. The van der Waals surface area contributed by atoms with Gasteiger partial charge in [0.2, 0.25) is 0 Å². The van der Waals surface area contributed by atoms with E-state index in [0.29, 0.717) is 5.56 Å². The Kier molecular flexibility index (Phi) is 7.11. The van der Waals surface area contributed by atoms with Gasteiger partial charge in [0.05, 0.1) is 11.1 Å². The topological polar surface area (TPSA) is 63.6 Å². The molecule has 20 heavy (non-hydrogen) atoms. The zero-order valence-electron chi connectivity index (χ0n) is 10.1. The van der Waals surface area contributed by atoms with Gasteiger partial charge >= 0.3 is 63.3 Å². The summed E-state index contributed by atoms with van der Waals surface area (Å²) in [7, 11) is 0. The van der Waals surface area contributed by atoms with Crippen LogP contribution in [-0.4, -0.2) is 68.4 Å². The van der Waals surface area contributed by atoms with Crippen LogP contribution in [0.4, 0.5) is 0 Å². The minimum atomic E-state index is -1.02. The van der Waals surface area contributed by atoms with Crippen molar-refractivity contribution >= 4 is 63.3 Å². The first-order valence-corrected chi connectivity index (χ1v) is 5.71. The molecule has 0 spiro atoms. The van der Waals surface area contributed by atoms with Gasteiger partial charge in [-0.2, -0.15) is 0 Å². The van der Waals surface area contributed by atoms with Crippen LogP contribution in [0.15, 0.2) is 54.6 Å². The number of hydrogen-bond acceptors (Lipinski definition) is 3. The van der Waals surface area contributed by atoms with Crippen LogP contribution in [0.5, 0.6) is 0 Å². The number of benzene rings is 2. The van der Waals surface area contributed by atoms with Crippen LogP contribution in [0.2, 0.25) is 0 Å². The zero-order chi connectivity index (χ0) is 13.7. The first kappa shape index (κ1) is 17.1. The van der Waals surface area contributed by atoms with Crippen molar-refractivity contribution in [2.75, 3.05) is 0 Å². The van der Waals surface area contributed by atoms with Gasteiger partial charge in [0.25, 0.3) is 0 Å². The van der Waals surface area contributed by atoms with E-state index in [1.54, 1.807) is 0 Å². The maximum atomic E-state index is 11.7. The molecule has 0 bridgehead atoms. The van der Waals surface area contributed by atoms with Crippen molar-refractivity contribution in [2.24, 2.45) is 0 Å². The predicted molar refractivity (Wildman–Crippen MR) is 76.1 cm³/mol. The molecule has 0 saturated carbocycles. The monoisotopic (exact) mass is 296 g/mol. The van der Waals surface area contributed by atoms with E-state index in [1.165, 1.54) is 24.3 Å². The third kappa shape index (κ3) is 4.84. The van der Waals surface area contributed by atoms with Gasteiger partial charge in [0.15, 0.2) is 0 Å². The molecule has 0 saturated heterocycles. The molecule has 98 valence electrons. The molecule has 0 amide bonds. The minimum absolute atomic E-state index is 0. The molecule has 1 N–H and O–H groups in total. The number of carbonyl (C=O) groups is 2. The Bertz CT molecular complexity index is 579. The average Bonchev–Trinajstić information content (AvgIpc) is 2.46. The molecule has 0 aromatic heterocycles. The Hall–Kier alpha value is -0.984. The molecule has 2 aromatic rings. The number of carboxylic acids is 1. The van der Waals surface area contributed by atoms with Crippen LogP contribution < -0.4 is 0 Å². The van der Waals surface area contributed by atoms with E-state index in [2.05, 4.69) is 0 Å². The van der Waals surface area contributed by atoms with Crippen molar-refractivity contribution in [3.8, 4) is 0 Å². The third-order valence-corrected chi connectivity index (χ3v) is 2.58. The standard InChI is InChI=1S/C15H12O4.K.H/c16-14(17)12-6-8-13(9-7-12)15(18)19-10-11-4-2-1-3-5-11;;/h1-9H,10H2,(H,16,17);;. The van der Waals surface area contributed by atoms with E-state index in [-0.39, 0.29) is 63.6 Å². The second-order valence-electron chi connectivity index (χ2n) is 3.94. The van der Waals surface area contributed by atoms with Crippen molar-refractivity contribution in [3.63, 3.8) is 0 Å². The van der Waals surface area contributed by atoms with Crippen LogP contribution in [0.25, 0.3) is 0 Å². The van der Waals surface area contributed by atoms with Gasteiger partial charge in [-0.1, -0.05) is 30.3 Å². The van der Waals surface area contributed by atoms with E-state index in [9.17, 15) is 9.59 Å². The molecule has 0 atom stereocenters. The number of carbonyl (C=O) groups excluding carboxylic acids is 1. The van der Waals surface area contributed by atoms with Crippen molar-refractivity contribution in [2.45, 2.75) is 6.61 Å². The summed E-state index contributed by atoms with van der Waals surface area (Å²) in [6.07, 6.45) is 0. The van der Waals surface area contributed by atoms with E-state index < -0.39 is 11.9 Å². The summed E-state index contributed by atoms with van der Waals surface area (Å²) in [6, 6.07) is 15.0. The summed E-state index contributed by atoms with van der Waals surface area (Å²) in [6.45, 7) is 0.195. The number of ether oxygens (including phenoxy) is 1. The Morgan fingerprint density at radius 3 is 2.00 bits per heavy atom. The van der Waals surface area contributed by atoms with Gasteiger partial charge in [-0.25, -0.2) is 9.59 Å². The van der Waals surface area contributed by atoms with Crippen LogP contribution in [0.1, 0.15) is 26.3 Å². The van der Waals surface area contributed by atoms with Gasteiger partial charge in [0.1, 0.15) is 6.61 Å². The SMILES string of the molecule is O=C(O)c1ccc(C(=O)OCc2ccccc2)cc1.[KH]. The van der Waals surface area contributed by atoms with E-state index in [1.807, 2.05) is 30.3 Å². The van der Waals surface area contributed by atoms with E-state index >= 15 is 0 Å². The molecule has 0 aliphatic rings. The molecule has 0 aliphatic carbocycles. The predicted octanol–water partition coefficient (Wildman–Crippen LogP) is 2.09. The molecular formula is C15H13KO4. The molecule has 5 heteroatoms. The van der Waals surface area contributed by atoms with E-state index in [4.69, 9.17) is 9.84 Å². The second kappa shape index (κ2) is 8.34. The van der Waals surface area contributed by atoms with Crippen LogP contribution >= 0.6 is 0 Å². The number of rotatable bonds is 4. The van der Waals surface area contributed by atoms with Gasteiger partial charge < -0.3 is 9.84 Å². The number of aromatic carboxylic acids is 1. The molecule has 0 heterocycles. The molecule has 0 fully saturated rings. The molecule has 0 unspecified atom stereocenters. The molecule has 2 rings (SSSR count). The Morgan fingerprint density at radius 1 is 0.900 bits per heavy atom. The summed E-state index contributed by atoms with van der Waals surface area (Å²) in [5.74, 6) is -1.50. The number of esters is 1. The average molecular weight is 296 g/mol. The first-order chi connectivity index (χ1) is 9.16. The quantitative estimate of drug-likeness (QED) is 0.693. The molecule has 0 radical (unpaired) electrons. The van der Waals surface area contributed by atoms with Crippen LogP contribution in [-0.2, 0) is 11.3 Å². The summed E-state index contributed by atoms with van der Waals surface area (Å²) in [5.41, 5.74) is 1.37.